The minimum atomic E-state index is -0.972. The van der Waals surface area contributed by atoms with Crippen LogP contribution in [0.5, 0.6) is 0 Å². The highest BCUT2D eigenvalue weighted by Gasteiger charge is 2.37. The molecule has 2 N–H and O–H groups in total. The van der Waals surface area contributed by atoms with Gasteiger partial charge < -0.3 is 9.52 Å². The Balaban J connectivity index is 1.47. The first kappa shape index (κ1) is 15.0. The summed E-state index contributed by atoms with van der Waals surface area (Å²) in [6, 6.07) is 9.91. The second kappa shape index (κ2) is 6.18. The number of nitrogens with one attached hydrogen (secondary N) is 1. The van der Waals surface area contributed by atoms with Crippen molar-refractivity contribution < 1.29 is 9.52 Å². The summed E-state index contributed by atoms with van der Waals surface area (Å²) in [6.07, 6.45) is 4.90. The summed E-state index contributed by atoms with van der Waals surface area (Å²) >= 11 is 0. The van der Waals surface area contributed by atoms with Crippen molar-refractivity contribution in [2.75, 3.05) is 13.1 Å². The number of β-amino-alcohol motifs (C(OH)–C–C–N with tert-alkyl or cyclic N) is 1. The lowest BCUT2D eigenvalue weighted by Crippen LogP contribution is -2.45. The lowest BCUT2D eigenvalue weighted by atomic mass is 9.90. The van der Waals surface area contributed by atoms with E-state index >= 15 is 0 Å². The van der Waals surface area contributed by atoms with Crippen LogP contribution in [0.2, 0.25) is 0 Å². The fraction of sp³-hybridized carbons (Fsp3) is 0.353. The van der Waals surface area contributed by atoms with Gasteiger partial charge in [0.1, 0.15) is 11.3 Å². The maximum atomic E-state index is 10.8. The molecule has 1 aliphatic rings. The average molecular weight is 325 g/mol. The zero-order valence-electron chi connectivity index (χ0n) is 13.2. The van der Waals surface area contributed by atoms with Crippen LogP contribution in [0, 0.1) is 0 Å². The van der Waals surface area contributed by atoms with E-state index in [2.05, 4.69) is 25.3 Å². The first-order valence-electron chi connectivity index (χ1n) is 8.04. The van der Waals surface area contributed by atoms with Crippen LogP contribution in [0.3, 0.4) is 0 Å². The molecule has 7 nitrogen and oxygen atoms in total. The van der Waals surface area contributed by atoms with Crippen LogP contribution < -0.4 is 0 Å². The van der Waals surface area contributed by atoms with Gasteiger partial charge in [-0.2, -0.15) is 15.4 Å². The second-order valence-electron chi connectivity index (χ2n) is 6.19. The van der Waals surface area contributed by atoms with Gasteiger partial charge >= 0.3 is 0 Å². The SMILES string of the molecule is OC1(c2cn[nH]n2)CCCN(Cc2ncc(-c3ccccc3)o2)C1. The van der Waals surface area contributed by atoms with Gasteiger partial charge in [0.25, 0.3) is 0 Å². The van der Waals surface area contributed by atoms with Gasteiger partial charge in [-0.05, 0) is 19.4 Å². The van der Waals surface area contributed by atoms with Crippen LogP contribution in [0.25, 0.3) is 11.3 Å². The summed E-state index contributed by atoms with van der Waals surface area (Å²) in [5.41, 5.74) is 0.624. The third-order valence-electron chi connectivity index (χ3n) is 4.41. The van der Waals surface area contributed by atoms with E-state index in [9.17, 15) is 5.11 Å². The molecule has 0 saturated carbocycles. The monoisotopic (exact) mass is 325 g/mol. The number of piperidine rings is 1. The van der Waals surface area contributed by atoms with Gasteiger partial charge in [0.15, 0.2) is 5.76 Å². The van der Waals surface area contributed by atoms with Gasteiger partial charge in [-0.25, -0.2) is 4.98 Å². The Labute approximate surface area is 139 Å². The number of benzene rings is 1. The van der Waals surface area contributed by atoms with E-state index in [1.54, 1.807) is 12.4 Å². The number of H-pyrrole nitrogens is 1. The fourth-order valence-corrected chi connectivity index (χ4v) is 3.20. The van der Waals surface area contributed by atoms with Crippen LogP contribution in [-0.2, 0) is 12.1 Å². The van der Waals surface area contributed by atoms with Gasteiger partial charge in [-0.15, -0.1) is 0 Å². The Hall–Kier alpha value is -2.51. The molecule has 4 rings (SSSR count). The number of aromatic amines is 1. The topological polar surface area (TPSA) is 91.1 Å². The molecular weight excluding hydrogens is 306 g/mol. The molecule has 3 heterocycles. The number of oxazole rings is 1. The lowest BCUT2D eigenvalue weighted by Gasteiger charge is -2.37. The van der Waals surface area contributed by atoms with E-state index in [1.165, 1.54) is 0 Å². The first-order chi connectivity index (χ1) is 11.7. The summed E-state index contributed by atoms with van der Waals surface area (Å²) in [4.78, 5) is 6.51. The van der Waals surface area contributed by atoms with E-state index in [-0.39, 0.29) is 0 Å². The van der Waals surface area contributed by atoms with Crippen molar-refractivity contribution in [1.29, 1.82) is 0 Å². The maximum absolute atomic E-state index is 10.8. The molecule has 0 bridgehead atoms. The summed E-state index contributed by atoms with van der Waals surface area (Å²) in [7, 11) is 0. The van der Waals surface area contributed by atoms with Crippen molar-refractivity contribution in [2.24, 2.45) is 0 Å². The molecule has 1 aromatic carbocycles. The molecule has 1 fully saturated rings. The minimum absolute atomic E-state index is 0.489. The number of likely N-dealkylation sites (tertiary alicyclic amines) is 1. The summed E-state index contributed by atoms with van der Waals surface area (Å²) < 4.78 is 5.86. The number of nitrogens with zero attached hydrogens (tertiary/aromatic N) is 4. The average Bonchev–Trinajstić information content (AvgIpc) is 3.28. The number of hydrogen-bond donors (Lipinski definition) is 2. The minimum Gasteiger partial charge on any atom is -0.439 e. The van der Waals surface area contributed by atoms with Crippen molar-refractivity contribution in [2.45, 2.75) is 25.0 Å². The van der Waals surface area contributed by atoms with Crippen molar-refractivity contribution in [3.05, 3.63) is 54.3 Å². The molecule has 0 aliphatic carbocycles. The molecule has 0 spiro atoms. The summed E-state index contributed by atoms with van der Waals surface area (Å²) in [5, 5.41) is 21.3. The zero-order valence-corrected chi connectivity index (χ0v) is 13.2. The molecule has 1 atom stereocenters. The largest absolute Gasteiger partial charge is 0.439 e. The molecule has 24 heavy (non-hydrogen) atoms. The third-order valence-corrected chi connectivity index (χ3v) is 4.41. The van der Waals surface area contributed by atoms with Gasteiger partial charge in [0.2, 0.25) is 5.89 Å². The number of rotatable bonds is 4. The van der Waals surface area contributed by atoms with Crippen molar-refractivity contribution in [3.8, 4) is 11.3 Å². The summed E-state index contributed by atoms with van der Waals surface area (Å²) in [6.45, 7) is 1.94. The number of aromatic nitrogens is 4. The van der Waals surface area contributed by atoms with Crippen molar-refractivity contribution in [1.82, 2.24) is 25.3 Å². The fourth-order valence-electron chi connectivity index (χ4n) is 3.20. The highest BCUT2D eigenvalue weighted by molar-refractivity contribution is 5.55. The Bertz CT molecular complexity index is 786. The van der Waals surface area contributed by atoms with Gasteiger partial charge in [0.05, 0.1) is 18.9 Å². The molecule has 124 valence electrons. The highest BCUT2D eigenvalue weighted by atomic mass is 16.4. The third kappa shape index (κ3) is 2.95. The van der Waals surface area contributed by atoms with Crippen molar-refractivity contribution >= 4 is 0 Å². The van der Waals surface area contributed by atoms with E-state index in [0.29, 0.717) is 31.1 Å². The molecule has 0 radical (unpaired) electrons. The van der Waals surface area contributed by atoms with E-state index in [1.807, 2.05) is 30.3 Å². The molecule has 1 unspecified atom stereocenters. The van der Waals surface area contributed by atoms with E-state index in [4.69, 9.17) is 4.42 Å². The normalized spacial score (nSPS) is 21.9. The van der Waals surface area contributed by atoms with Crippen LogP contribution >= 0.6 is 0 Å². The molecule has 1 saturated heterocycles. The van der Waals surface area contributed by atoms with Gasteiger partial charge in [-0.1, -0.05) is 30.3 Å². The van der Waals surface area contributed by atoms with Crippen LogP contribution in [-0.4, -0.2) is 43.5 Å². The molecule has 1 aliphatic heterocycles. The summed E-state index contributed by atoms with van der Waals surface area (Å²) in [5.74, 6) is 1.41. The smallest absolute Gasteiger partial charge is 0.209 e. The Morgan fingerprint density at radius 3 is 2.92 bits per heavy atom. The van der Waals surface area contributed by atoms with E-state index < -0.39 is 5.60 Å². The molecular formula is C17H19N5O2. The van der Waals surface area contributed by atoms with Crippen molar-refractivity contribution in [3.63, 3.8) is 0 Å². The Morgan fingerprint density at radius 2 is 2.12 bits per heavy atom. The van der Waals surface area contributed by atoms with Gasteiger partial charge in [0, 0.05) is 12.1 Å². The van der Waals surface area contributed by atoms with Crippen LogP contribution in [0.4, 0.5) is 0 Å². The second-order valence-corrected chi connectivity index (χ2v) is 6.19. The lowest BCUT2D eigenvalue weighted by molar-refractivity contribution is -0.0432. The zero-order chi connectivity index (χ0) is 16.4. The van der Waals surface area contributed by atoms with Gasteiger partial charge in [-0.3, -0.25) is 4.90 Å². The predicted molar refractivity (Wildman–Crippen MR) is 86.7 cm³/mol. The molecule has 0 amide bonds. The predicted octanol–water partition coefficient (Wildman–Crippen LogP) is 1.94. The Morgan fingerprint density at radius 1 is 1.25 bits per heavy atom. The molecule has 2 aromatic heterocycles. The maximum Gasteiger partial charge on any atom is 0.209 e. The number of aliphatic hydroxyl groups is 1. The Kier molecular flexibility index (Phi) is 3.87. The molecule has 7 heteroatoms. The number of hydrogen-bond acceptors (Lipinski definition) is 6. The first-order valence-corrected chi connectivity index (χ1v) is 8.04. The quantitative estimate of drug-likeness (QED) is 0.762. The highest BCUT2D eigenvalue weighted by Crippen LogP contribution is 2.30. The van der Waals surface area contributed by atoms with Crippen LogP contribution in [0.15, 0.2) is 47.1 Å². The standard InChI is InChI=1S/C17H19N5O2/c23-17(15-10-19-21-20-15)7-4-8-22(12-17)11-16-18-9-14(24-16)13-5-2-1-3-6-13/h1-3,5-6,9-10,23H,4,7-8,11-12H2,(H,19,20,21). The molecule has 3 aromatic rings. The van der Waals surface area contributed by atoms with Crippen LogP contribution in [0.1, 0.15) is 24.4 Å². The van der Waals surface area contributed by atoms with E-state index in [0.717, 1.165) is 24.3 Å².